The second kappa shape index (κ2) is 11.3. The van der Waals surface area contributed by atoms with Crippen molar-refractivity contribution in [2.75, 3.05) is 35.8 Å². The molecule has 1 aromatic heterocycles. The molecule has 0 radical (unpaired) electrons. The summed E-state index contributed by atoms with van der Waals surface area (Å²) in [6, 6.07) is 17.9. The highest BCUT2D eigenvalue weighted by atomic mass is 16.2. The van der Waals surface area contributed by atoms with Gasteiger partial charge in [0, 0.05) is 44.4 Å². The van der Waals surface area contributed by atoms with Gasteiger partial charge in [0.05, 0.1) is 11.3 Å². The van der Waals surface area contributed by atoms with Crippen LogP contribution in [0.25, 0.3) is 0 Å². The molecule has 1 N–H and O–H groups in total. The van der Waals surface area contributed by atoms with Crippen molar-refractivity contribution >= 4 is 40.6 Å². The number of aromatic nitrogens is 1. The van der Waals surface area contributed by atoms with Crippen LogP contribution >= 0.6 is 0 Å². The van der Waals surface area contributed by atoms with Gasteiger partial charge in [-0.3, -0.25) is 29.1 Å². The zero-order valence-electron chi connectivity index (χ0n) is 22.8. The second-order valence-electron chi connectivity index (χ2n) is 10.6. The van der Waals surface area contributed by atoms with Gasteiger partial charge in [-0.25, -0.2) is 0 Å². The van der Waals surface area contributed by atoms with E-state index in [2.05, 4.69) is 10.3 Å². The molecule has 1 saturated carbocycles. The van der Waals surface area contributed by atoms with Crippen LogP contribution in [0.2, 0.25) is 0 Å². The van der Waals surface area contributed by atoms with Crippen LogP contribution in [0.3, 0.4) is 0 Å². The van der Waals surface area contributed by atoms with E-state index >= 15 is 0 Å². The van der Waals surface area contributed by atoms with E-state index in [4.69, 9.17) is 0 Å². The molecule has 1 aliphatic carbocycles. The van der Waals surface area contributed by atoms with E-state index in [1.165, 1.54) is 4.90 Å². The molecule has 1 fully saturated rings. The van der Waals surface area contributed by atoms with Gasteiger partial charge in [-0.2, -0.15) is 0 Å². The topological polar surface area (TPSA) is 103 Å². The first-order valence-corrected chi connectivity index (χ1v) is 13.5. The van der Waals surface area contributed by atoms with Crippen LogP contribution in [0.1, 0.15) is 48.0 Å². The Morgan fingerprint density at radius 1 is 0.950 bits per heavy atom. The number of rotatable bonds is 8. The van der Waals surface area contributed by atoms with Gasteiger partial charge >= 0.3 is 0 Å². The van der Waals surface area contributed by atoms with Gasteiger partial charge in [0.25, 0.3) is 11.7 Å². The van der Waals surface area contributed by atoms with Crippen molar-refractivity contribution in [3.63, 3.8) is 0 Å². The standard InChI is InChI=1S/C31H33N5O4/c1-34(2)24-14-12-23(13-15-24)33-30(40)31(16-6-3-7-17-31)36(20-22-9-8-18-32-19-22)27(37)21-35-26-11-5-4-10-25(26)28(38)29(35)39/h4-5,8-15,18-19H,3,6-7,16-17,20-21H2,1-2H3,(H,33,40). The number of carbonyl (C=O) groups is 4. The summed E-state index contributed by atoms with van der Waals surface area (Å²) < 4.78 is 0. The molecule has 2 aromatic carbocycles. The lowest BCUT2D eigenvalue weighted by Gasteiger charge is -2.45. The maximum atomic E-state index is 14.2. The molecule has 0 unspecified atom stereocenters. The fourth-order valence-corrected chi connectivity index (χ4v) is 5.62. The zero-order valence-corrected chi connectivity index (χ0v) is 22.8. The smallest absolute Gasteiger partial charge is 0.299 e. The van der Waals surface area contributed by atoms with Crippen LogP contribution in [-0.2, 0) is 20.9 Å². The minimum absolute atomic E-state index is 0.150. The number of hydrogen-bond donors (Lipinski definition) is 1. The number of nitrogens with one attached hydrogen (secondary N) is 1. The Hall–Kier alpha value is -4.53. The number of carbonyl (C=O) groups excluding carboxylic acids is 4. The van der Waals surface area contributed by atoms with Crippen molar-refractivity contribution in [3.05, 3.63) is 84.2 Å². The molecule has 5 rings (SSSR count). The summed E-state index contributed by atoms with van der Waals surface area (Å²) in [6.07, 6.45) is 6.85. The minimum atomic E-state index is -1.13. The van der Waals surface area contributed by atoms with Gasteiger partial charge in [0.1, 0.15) is 12.1 Å². The average molecular weight is 540 g/mol. The first-order chi connectivity index (χ1) is 19.3. The Kier molecular flexibility index (Phi) is 7.64. The third-order valence-corrected chi connectivity index (χ3v) is 7.80. The molecule has 9 nitrogen and oxygen atoms in total. The van der Waals surface area contributed by atoms with Crippen LogP contribution in [0.15, 0.2) is 73.1 Å². The van der Waals surface area contributed by atoms with Gasteiger partial charge in [0.15, 0.2) is 0 Å². The number of para-hydroxylation sites is 1. The summed E-state index contributed by atoms with van der Waals surface area (Å²) in [6.45, 7) is -0.189. The van der Waals surface area contributed by atoms with Gasteiger partial charge in [0.2, 0.25) is 11.8 Å². The molecule has 0 spiro atoms. The van der Waals surface area contributed by atoms with Crippen LogP contribution in [0.4, 0.5) is 17.1 Å². The van der Waals surface area contributed by atoms with Crippen LogP contribution in [-0.4, -0.2) is 59.6 Å². The monoisotopic (exact) mass is 539 g/mol. The number of benzene rings is 2. The molecule has 206 valence electrons. The number of fused-ring (bicyclic) bond motifs is 1. The van der Waals surface area contributed by atoms with E-state index in [-0.39, 0.29) is 24.6 Å². The van der Waals surface area contributed by atoms with Crippen molar-refractivity contribution in [2.24, 2.45) is 0 Å². The number of amides is 3. The van der Waals surface area contributed by atoms with E-state index < -0.39 is 23.1 Å². The first kappa shape index (κ1) is 27.1. The predicted octanol–water partition coefficient (Wildman–Crippen LogP) is 4.05. The Balaban J connectivity index is 1.49. The number of Topliss-reactive ketones (excluding diaryl/α,β-unsaturated/α-hetero) is 1. The van der Waals surface area contributed by atoms with E-state index in [0.29, 0.717) is 24.2 Å². The number of nitrogens with zero attached hydrogens (tertiary/aromatic N) is 4. The predicted molar refractivity (Wildman–Crippen MR) is 153 cm³/mol. The average Bonchev–Trinajstić information content (AvgIpc) is 3.21. The Morgan fingerprint density at radius 3 is 2.35 bits per heavy atom. The Morgan fingerprint density at radius 2 is 1.68 bits per heavy atom. The normalized spacial score (nSPS) is 15.9. The first-order valence-electron chi connectivity index (χ1n) is 13.5. The van der Waals surface area contributed by atoms with Gasteiger partial charge in [-0.15, -0.1) is 0 Å². The number of ketones is 1. The summed E-state index contributed by atoms with van der Waals surface area (Å²) in [5, 5.41) is 3.06. The quantitative estimate of drug-likeness (QED) is 0.434. The lowest BCUT2D eigenvalue weighted by molar-refractivity contribution is -0.148. The highest BCUT2D eigenvalue weighted by Gasteiger charge is 2.48. The molecule has 3 aromatic rings. The van der Waals surface area contributed by atoms with Crippen LogP contribution in [0.5, 0.6) is 0 Å². The molecule has 1 aliphatic heterocycles. The number of hydrogen-bond acceptors (Lipinski definition) is 6. The fourth-order valence-electron chi connectivity index (χ4n) is 5.62. The van der Waals surface area contributed by atoms with Crippen molar-refractivity contribution in [3.8, 4) is 0 Å². The van der Waals surface area contributed by atoms with Crippen molar-refractivity contribution in [1.29, 1.82) is 0 Å². The molecule has 0 saturated heterocycles. The summed E-state index contributed by atoms with van der Waals surface area (Å²) in [7, 11) is 3.90. The minimum Gasteiger partial charge on any atom is -0.378 e. The van der Waals surface area contributed by atoms with Gasteiger partial charge < -0.3 is 15.1 Å². The molecule has 0 bridgehead atoms. The van der Waals surface area contributed by atoms with Crippen molar-refractivity contribution in [1.82, 2.24) is 9.88 Å². The summed E-state index contributed by atoms with van der Waals surface area (Å²) in [4.78, 5) is 62.8. The molecule has 2 aliphatic rings. The summed E-state index contributed by atoms with van der Waals surface area (Å²) in [5.41, 5.74) is 1.99. The Bertz CT molecular complexity index is 1420. The third kappa shape index (κ3) is 5.19. The molecule has 2 heterocycles. The SMILES string of the molecule is CN(C)c1ccc(NC(=O)C2(N(Cc3cccnc3)C(=O)CN3C(=O)C(=O)c4ccccc43)CCCCC2)cc1. The fraction of sp³-hybridized carbons (Fsp3) is 0.323. The van der Waals surface area contributed by atoms with E-state index in [1.54, 1.807) is 47.6 Å². The van der Waals surface area contributed by atoms with E-state index in [1.807, 2.05) is 49.3 Å². The molecular weight excluding hydrogens is 506 g/mol. The number of anilines is 3. The molecule has 0 atom stereocenters. The van der Waals surface area contributed by atoms with Crippen LogP contribution in [0, 0.1) is 0 Å². The largest absolute Gasteiger partial charge is 0.378 e. The Labute approximate surface area is 233 Å². The van der Waals surface area contributed by atoms with Crippen LogP contribution < -0.4 is 15.1 Å². The number of pyridine rings is 1. The molecule has 40 heavy (non-hydrogen) atoms. The van der Waals surface area contributed by atoms with Crippen molar-refractivity contribution < 1.29 is 19.2 Å². The molecule has 9 heteroatoms. The highest BCUT2D eigenvalue weighted by molar-refractivity contribution is 6.52. The maximum absolute atomic E-state index is 14.2. The van der Waals surface area contributed by atoms with Crippen molar-refractivity contribution in [2.45, 2.75) is 44.2 Å². The lowest BCUT2D eigenvalue weighted by atomic mass is 9.78. The third-order valence-electron chi connectivity index (χ3n) is 7.80. The van der Waals surface area contributed by atoms with Gasteiger partial charge in [-0.05, 0) is 60.9 Å². The molecule has 3 amide bonds. The van der Waals surface area contributed by atoms with Gasteiger partial charge in [-0.1, -0.05) is 37.5 Å². The highest BCUT2D eigenvalue weighted by Crippen LogP contribution is 2.37. The maximum Gasteiger partial charge on any atom is 0.299 e. The molecular formula is C31H33N5O4. The zero-order chi connectivity index (χ0) is 28.3. The second-order valence-corrected chi connectivity index (χ2v) is 10.6. The lowest BCUT2D eigenvalue weighted by Crippen LogP contribution is -2.61. The van der Waals surface area contributed by atoms with E-state index in [0.717, 1.165) is 30.5 Å². The van der Waals surface area contributed by atoms with E-state index in [9.17, 15) is 19.2 Å². The summed E-state index contributed by atoms with van der Waals surface area (Å²) in [5.74, 6) is -2.03. The summed E-state index contributed by atoms with van der Waals surface area (Å²) >= 11 is 0.